The number of hydrogen-bond donors (Lipinski definition) is 2. The maximum absolute atomic E-state index is 13.2. The molecule has 0 radical (unpaired) electrons. The minimum Gasteiger partial charge on any atom is -0.504 e. The van der Waals surface area contributed by atoms with Crippen molar-refractivity contribution in [1.29, 1.82) is 0 Å². The largest absolute Gasteiger partial charge is 0.504 e. The molecule has 2 N–H and O–H groups in total. The van der Waals surface area contributed by atoms with Gasteiger partial charge in [0.05, 0.1) is 6.04 Å². The van der Waals surface area contributed by atoms with Gasteiger partial charge in [-0.05, 0) is 109 Å². The van der Waals surface area contributed by atoms with Crippen molar-refractivity contribution in [3.8, 4) is 11.5 Å². The lowest BCUT2D eigenvalue weighted by Crippen LogP contribution is -2.69. The zero-order chi connectivity index (χ0) is 22.3. The number of likely N-dealkylation sites (tertiary alicyclic amines) is 1. The summed E-state index contributed by atoms with van der Waals surface area (Å²) in [5.41, 5.74) is 3.19. The summed E-state index contributed by atoms with van der Waals surface area (Å²) in [7, 11) is 0. The Morgan fingerprint density at radius 1 is 1.21 bits per heavy atom. The maximum Gasteiger partial charge on any atom is 0.251 e. The van der Waals surface area contributed by atoms with Crippen LogP contribution in [0.15, 0.2) is 36.4 Å². The van der Waals surface area contributed by atoms with Gasteiger partial charge in [0.15, 0.2) is 11.5 Å². The molecule has 1 saturated heterocycles. The van der Waals surface area contributed by atoms with Gasteiger partial charge in [0, 0.05) is 32.7 Å². The van der Waals surface area contributed by atoms with E-state index in [1.165, 1.54) is 30.5 Å². The average molecular weight is 556 g/mol. The molecule has 3 unspecified atom stereocenters. The lowest BCUT2D eigenvalue weighted by Gasteiger charge is -2.59. The van der Waals surface area contributed by atoms with Crippen LogP contribution in [0.2, 0.25) is 0 Å². The third-order valence-corrected chi connectivity index (χ3v) is 9.70. The number of aromatic hydroxyl groups is 1. The standard InChI is InChI=1S/C27H29IN2O3/c28-18-3-1-2-17(12-18)26(32)29-20-8-7-19-21-13-16-6-9-22(31)24-23(16)27(19,25(20)33-24)10-11-30(21)14-15-4-5-15/h1-3,6,9,12,15,19-21,25,31H,4-5,7-8,10-11,13-14H2,(H,29,32)/t19?,20-,21?,25?,27+/m1/s1. The Hall–Kier alpha value is -1.80. The number of rotatable bonds is 4. The molecule has 2 saturated carbocycles. The van der Waals surface area contributed by atoms with E-state index in [4.69, 9.17) is 4.74 Å². The monoisotopic (exact) mass is 556 g/mol. The van der Waals surface area contributed by atoms with Gasteiger partial charge in [-0.1, -0.05) is 12.1 Å². The van der Waals surface area contributed by atoms with Crippen LogP contribution in [0, 0.1) is 15.4 Å². The predicted octanol–water partition coefficient (Wildman–Crippen LogP) is 4.24. The molecule has 2 aliphatic heterocycles. The number of ether oxygens (including phenoxy) is 1. The van der Waals surface area contributed by atoms with Crippen LogP contribution in [0.25, 0.3) is 0 Å². The van der Waals surface area contributed by atoms with Crippen LogP contribution in [0.1, 0.15) is 53.6 Å². The van der Waals surface area contributed by atoms with E-state index in [2.05, 4.69) is 38.9 Å². The number of nitrogens with one attached hydrogen (secondary N) is 1. The van der Waals surface area contributed by atoms with Gasteiger partial charge < -0.3 is 15.2 Å². The van der Waals surface area contributed by atoms with Gasteiger partial charge in [0.1, 0.15) is 6.10 Å². The molecule has 0 aromatic heterocycles. The van der Waals surface area contributed by atoms with E-state index in [-0.39, 0.29) is 29.2 Å². The van der Waals surface area contributed by atoms with Gasteiger partial charge in [-0.25, -0.2) is 0 Å². The Kier molecular flexibility index (Phi) is 4.58. The molecule has 5 nitrogen and oxygen atoms in total. The first-order valence-electron chi connectivity index (χ1n) is 12.4. The van der Waals surface area contributed by atoms with Crippen molar-refractivity contribution in [1.82, 2.24) is 10.2 Å². The normalized spacial score (nSPS) is 33.8. The number of carbonyl (C=O) groups excluding carboxylic acids is 1. The highest BCUT2D eigenvalue weighted by atomic mass is 127. The van der Waals surface area contributed by atoms with Crippen molar-refractivity contribution in [3.63, 3.8) is 0 Å². The number of amides is 1. The van der Waals surface area contributed by atoms with E-state index >= 15 is 0 Å². The highest BCUT2D eigenvalue weighted by Gasteiger charge is 2.66. The van der Waals surface area contributed by atoms with E-state index in [0.29, 0.717) is 23.3 Å². The molecule has 33 heavy (non-hydrogen) atoms. The number of hydrogen-bond acceptors (Lipinski definition) is 4. The summed E-state index contributed by atoms with van der Waals surface area (Å²) >= 11 is 2.25. The molecule has 2 bridgehead atoms. The van der Waals surface area contributed by atoms with Crippen molar-refractivity contribution >= 4 is 28.5 Å². The zero-order valence-electron chi connectivity index (χ0n) is 18.6. The quantitative estimate of drug-likeness (QED) is 0.554. The third kappa shape index (κ3) is 3.02. The second-order valence-electron chi connectivity index (χ2n) is 10.8. The van der Waals surface area contributed by atoms with Crippen molar-refractivity contribution < 1.29 is 14.6 Å². The summed E-state index contributed by atoms with van der Waals surface area (Å²) in [6.07, 6.45) is 6.76. The van der Waals surface area contributed by atoms with E-state index in [9.17, 15) is 9.90 Å². The lowest BCUT2D eigenvalue weighted by molar-refractivity contribution is -0.0647. The third-order valence-electron chi connectivity index (χ3n) is 9.03. The summed E-state index contributed by atoms with van der Waals surface area (Å²) in [5, 5.41) is 14.1. The van der Waals surface area contributed by atoms with E-state index in [0.717, 1.165) is 41.7 Å². The second kappa shape index (κ2) is 7.35. The summed E-state index contributed by atoms with van der Waals surface area (Å²) in [5.74, 6) is 2.31. The topological polar surface area (TPSA) is 61.8 Å². The van der Waals surface area contributed by atoms with E-state index in [1.54, 1.807) is 0 Å². The number of carbonyl (C=O) groups is 1. The van der Waals surface area contributed by atoms with Crippen LogP contribution in [-0.4, -0.2) is 47.2 Å². The molecule has 3 aliphatic carbocycles. The summed E-state index contributed by atoms with van der Waals surface area (Å²) in [4.78, 5) is 15.9. The number of phenolic OH excluding ortho intramolecular Hbond substituents is 1. The Balaban J connectivity index is 1.26. The van der Waals surface area contributed by atoms with Gasteiger partial charge in [-0.3, -0.25) is 9.69 Å². The van der Waals surface area contributed by atoms with Crippen LogP contribution in [0.4, 0.5) is 0 Å². The van der Waals surface area contributed by atoms with E-state index < -0.39 is 0 Å². The zero-order valence-corrected chi connectivity index (χ0v) is 20.8. The smallest absolute Gasteiger partial charge is 0.251 e. The fourth-order valence-corrected chi connectivity index (χ4v) is 8.06. The van der Waals surface area contributed by atoms with Gasteiger partial charge in [0.2, 0.25) is 0 Å². The molecule has 1 amide bonds. The molecule has 3 fully saturated rings. The fourth-order valence-electron chi connectivity index (χ4n) is 7.51. The summed E-state index contributed by atoms with van der Waals surface area (Å²) in [6, 6.07) is 12.2. The number of phenols is 1. The molecule has 5 aliphatic rings. The van der Waals surface area contributed by atoms with Gasteiger partial charge in [-0.2, -0.15) is 0 Å². The first-order chi connectivity index (χ1) is 16.0. The Bertz CT molecular complexity index is 1150. The minimum absolute atomic E-state index is 0.0316. The number of piperidine rings is 1. The van der Waals surface area contributed by atoms with Crippen LogP contribution < -0.4 is 10.1 Å². The SMILES string of the molecule is O=C(N[C@@H]1CCC2C3Cc4ccc(O)c5c4[C@@]2(CCN3CC2CC2)C1O5)c1cccc(I)c1. The molecular weight excluding hydrogens is 527 g/mol. The molecule has 172 valence electrons. The van der Waals surface area contributed by atoms with Crippen molar-refractivity contribution in [2.45, 2.75) is 62.1 Å². The average Bonchev–Trinajstić information content (AvgIpc) is 3.55. The van der Waals surface area contributed by atoms with Crippen LogP contribution >= 0.6 is 22.6 Å². The van der Waals surface area contributed by atoms with Crippen LogP contribution in [0.3, 0.4) is 0 Å². The van der Waals surface area contributed by atoms with Crippen molar-refractivity contribution in [2.75, 3.05) is 13.1 Å². The number of halogens is 1. The Morgan fingerprint density at radius 2 is 2.09 bits per heavy atom. The first kappa shape index (κ1) is 20.6. The predicted molar refractivity (Wildman–Crippen MR) is 134 cm³/mol. The Morgan fingerprint density at radius 3 is 2.91 bits per heavy atom. The molecule has 6 heteroatoms. The molecular formula is C27H29IN2O3. The van der Waals surface area contributed by atoms with Crippen LogP contribution in [-0.2, 0) is 11.8 Å². The second-order valence-corrected chi connectivity index (χ2v) is 12.0. The molecule has 2 heterocycles. The highest BCUT2D eigenvalue weighted by molar-refractivity contribution is 14.1. The lowest BCUT2D eigenvalue weighted by atomic mass is 9.51. The molecule has 5 atom stereocenters. The number of nitrogens with zero attached hydrogens (tertiary/aromatic N) is 1. The summed E-state index contributed by atoms with van der Waals surface area (Å²) < 4.78 is 7.68. The van der Waals surface area contributed by atoms with Crippen LogP contribution in [0.5, 0.6) is 11.5 Å². The van der Waals surface area contributed by atoms with Gasteiger partial charge in [-0.15, -0.1) is 0 Å². The van der Waals surface area contributed by atoms with Gasteiger partial charge >= 0.3 is 0 Å². The number of benzene rings is 2. The molecule has 1 spiro atoms. The fraction of sp³-hybridized carbons (Fsp3) is 0.519. The Labute approximate surface area is 208 Å². The molecule has 7 rings (SSSR count). The summed E-state index contributed by atoms with van der Waals surface area (Å²) in [6.45, 7) is 2.32. The maximum atomic E-state index is 13.2. The van der Waals surface area contributed by atoms with E-state index in [1.807, 2.05) is 30.3 Å². The molecule has 2 aromatic rings. The van der Waals surface area contributed by atoms with Crippen molar-refractivity contribution in [2.24, 2.45) is 11.8 Å². The molecule has 2 aromatic carbocycles. The first-order valence-corrected chi connectivity index (χ1v) is 13.4. The van der Waals surface area contributed by atoms with Crippen molar-refractivity contribution in [3.05, 3.63) is 56.7 Å². The minimum atomic E-state index is -0.115. The van der Waals surface area contributed by atoms with Gasteiger partial charge in [0.25, 0.3) is 5.91 Å². The highest BCUT2D eigenvalue weighted by Crippen LogP contribution is 2.64.